The molecule has 0 N–H and O–H groups in total. The molecule has 16 heavy (non-hydrogen) atoms. The van der Waals surface area contributed by atoms with Crippen molar-refractivity contribution < 1.29 is 9.53 Å². The lowest BCUT2D eigenvalue weighted by molar-refractivity contribution is -0.135. The van der Waals surface area contributed by atoms with E-state index in [-0.39, 0.29) is 11.9 Å². The van der Waals surface area contributed by atoms with Crippen molar-refractivity contribution in [1.29, 1.82) is 0 Å². The summed E-state index contributed by atoms with van der Waals surface area (Å²) in [5.74, 6) is -0.0606. The predicted octanol–water partition coefficient (Wildman–Crippen LogP) is 0.506. The van der Waals surface area contributed by atoms with E-state index in [1.165, 1.54) is 6.08 Å². The number of carbonyl (C=O) groups is 1. The quantitative estimate of drug-likeness (QED) is 0.683. The first kappa shape index (κ1) is 10.9. The normalized spacial score (nSPS) is 20.8. The van der Waals surface area contributed by atoms with Crippen LogP contribution in [-0.2, 0) is 16.6 Å². The summed E-state index contributed by atoms with van der Waals surface area (Å²) in [6.07, 6.45) is 3.06. The highest BCUT2D eigenvalue weighted by Gasteiger charge is 2.28. The van der Waals surface area contributed by atoms with E-state index >= 15 is 0 Å². The van der Waals surface area contributed by atoms with E-state index in [0.717, 1.165) is 5.69 Å². The summed E-state index contributed by atoms with van der Waals surface area (Å²) in [6.45, 7) is 5.21. The molecular weight excluding hydrogens is 206 g/mol. The highest BCUT2D eigenvalue weighted by Crippen LogP contribution is 2.23. The van der Waals surface area contributed by atoms with Gasteiger partial charge in [-0.05, 0) is 12.1 Å². The average molecular weight is 221 g/mol. The number of nitrogens with zero attached hydrogens (tertiary/aromatic N) is 3. The topological polar surface area (TPSA) is 47.4 Å². The number of ether oxygens (including phenoxy) is 1. The Labute approximate surface area is 94.3 Å². The van der Waals surface area contributed by atoms with Gasteiger partial charge in [0.25, 0.3) is 0 Å². The Kier molecular flexibility index (Phi) is 3.05. The highest BCUT2D eigenvalue weighted by molar-refractivity contribution is 5.87. The molecule has 5 heteroatoms. The minimum absolute atomic E-state index is 0.0606. The zero-order chi connectivity index (χ0) is 11.5. The molecule has 0 aromatic carbocycles. The maximum Gasteiger partial charge on any atom is 0.246 e. The molecule has 1 unspecified atom stereocenters. The molecule has 0 aliphatic carbocycles. The van der Waals surface area contributed by atoms with Gasteiger partial charge in [-0.25, -0.2) is 0 Å². The first-order valence-corrected chi connectivity index (χ1v) is 5.22. The van der Waals surface area contributed by atoms with Gasteiger partial charge in [-0.1, -0.05) is 6.58 Å². The molecule has 1 saturated heterocycles. The molecule has 1 aromatic heterocycles. The maximum absolute atomic E-state index is 11.7. The molecule has 1 aromatic rings. The summed E-state index contributed by atoms with van der Waals surface area (Å²) in [5.41, 5.74) is 0.981. The van der Waals surface area contributed by atoms with Crippen LogP contribution in [0.25, 0.3) is 0 Å². The molecule has 1 fully saturated rings. The fraction of sp³-hybridized carbons (Fsp3) is 0.455. The van der Waals surface area contributed by atoms with Crippen molar-refractivity contribution >= 4 is 5.91 Å². The van der Waals surface area contributed by atoms with E-state index in [1.54, 1.807) is 15.8 Å². The second kappa shape index (κ2) is 4.49. The number of hydrogen-bond acceptors (Lipinski definition) is 3. The van der Waals surface area contributed by atoms with Crippen molar-refractivity contribution in [3.8, 4) is 0 Å². The van der Waals surface area contributed by atoms with E-state index in [0.29, 0.717) is 19.8 Å². The summed E-state index contributed by atoms with van der Waals surface area (Å²) >= 11 is 0. The van der Waals surface area contributed by atoms with Crippen molar-refractivity contribution in [2.75, 3.05) is 19.8 Å². The summed E-state index contributed by atoms with van der Waals surface area (Å²) in [6, 6.07) is 1.84. The largest absolute Gasteiger partial charge is 0.377 e. The van der Waals surface area contributed by atoms with Gasteiger partial charge in [0.1, 0.15) is 0 Å². The van der Waals surface area contributed by atoms with Crippen LogP contribution in [0.3, 0.4) is 0 Å². The number of hydrogen-bond donors (Lipinski definition) is 0. The number of carbonyl (C=O) groups excluding carboxylic acids is 1. The second-order valence-electron chi connectivity index (χ2n) is 3.71. The summed E-state index contributed by atoms with van der Waals surface area (Å²) in [5, 5.41) is 4.11. The Morgan fingerprint density at radius 1 is 1.75 bits per heavy atom. The van der Waals surface area contributed by atoms with Gasteiger partial charge in [-0.2, -0.15) is 5.10 Å². The lowest BCUT2D eigenvalue weighted by Gasteiger charge is -2.34. The van der Waals surface area contributed by atoms with Gasteiger partial charge >= 0.3 is 0 Å². The van der Waals surface area contributed by atoms with Crippen molar-refractivity contribution in [2.45, 2.75) is 6.04 Å². The van der Waals surface area contributed by atoms with E-state index in [4.69, 9.17) is 4.74 Å². The lowest BCUT2D eigenvalue weighted by atomic mass is 10.1. The molecule has 1 aliphatic heterocycles. The van der Waals surface area contributed by atoms with Gasteiger partial charge in [-0.15, -0.1) is 0 Å². The zero-order valence-corrected chi connectivity index (χ0v) is 9.30. The number of aromatic nitrogens is 2. The Hall–Kier alpha value is -1.62. The van der Waals surface area contributed by atoms with Gasteiger partial charge in [0.15, 0.2) is 0 Å². The van der Waals surface area contributed by atoms with E-state index in [2.05, 4.69) is 11.7 Å². The smallest absolute Gasteiger partial charge is 0.246 e. The van der Waals surface area contributed by atoms with Crippen LogP contribution in [0.4, 0.5) is 0 Å². The second-order valence-corrected chi connectivity index (χ2v) is 3.71. The first-order chi connectivity index (χ1) is 7.74. The van der Waals surface area contributed by atoms with Crippen molar-refractivity contribution in [1.82, 2.24) is 14.7 Å². The van der Waals surface area contributed by atoms with Crippen molar-refractivity contribution in [3.63, 3.8) is 0 Å². The van der Waals surface area contributed by atoms with Gasteiger partial charge in [-0.3, -0.25) is 9.48 Å². The maximum atomic E-state index is 11.7. The molecule has 1 aliphatic rings. The van der Waals surface area contributed by atoms with E-state index in [1.807, 2.05) is 13.1 Å². The molecule has 0 bridgehead atoms. The fourth-order valence-electron chi connectivity index (χ4n) is 1.94. The number of morpholine rings is 1. The fourth-order valence-corrected chi connectivity index (χ4v) is 1.94. The van der Waals surface area contributed by atoms with Gasteiger partial charge in [0.2, 0.25) is 5.91 Å². The third-order valence-corrected chi connectivity index (χ3v) is 2.79. The molecule has 1 atom stereocenters. The molecular formula is C11H15N3O2. The van der Waals surface area contributed by atoms with Crippen LogP contribution in [0.15, 0.2) is 24.9 Å². The zero-order valence-electron chi connectivity index (χ0n) is 9.30. The summed E-state index contributed by atoms with van der Waals surface area (Å²) in [4.78, 5) is 13.5. The monoisotopic (exact) mass is 221 g/mol. The van der Waals surface area contributed by atoms with Crippen molar-refractivity contribution in [3.05, 3.63) is 30.6 Å². The molecule has 86 valence electrons. The molecule has 5 nitrogen and oxygen atoms in total. The minimum atomic E-state index is -0.0632. The molecule has 0 saturated carbocycles. The van der Waals surface area contributed by atoms with E-state index in [9.17, 15) is 4.79 Å². The third kappa shape index (κ3) is 1.86. The van der Waals surface area contributed by atoms with Crippen LogP contribution in [0.1, 0.15) is 11.7 Å². The van der Waals surface area contributed by atoms with Gasteiger partial charge in [0, 0.05) is 19.8 Å². The van der Waals surface area contributed by atoms with Crippen LogP contribution < -0.4 is 0 Å². The van der Waals surface area contributed by atoms with Gasteiger partial charge < -0.3 is 9.64 Å². The third-order valence-electron chi connectivity index (χ3n) is 2.79. The summed E-state index contributed by atoms with van der Waals surface area (Å²) in [7, 11) is 1.86. The van der Waals surface area contributed by atoms with Crippen LogP contribution in [-0.4, -0.2) is 40.3 Å². The van der Waals surface area contributed by atoms with Crippen LogP contribution >= 0.6 is 0 Å². The Morgan fingerprint density at radius 3 is 3.19 bits per heavy atom. The van der Waals surface area contributed by atoms with Crippen LogP contribution in [0, 0.1) is 0 Å². The molecule has 2 heterocycles. The first-order valence-electron chi connectivity index (χ1n) is 5.22. The molecule has 1 amide bonds. The Morgan fingerprint density at radius 2 is 2.56 bits per heavy atom. The standard InChI is InChI=1S/C11H15N3O2/c1-3-11(15)14-6-7-16-8-10(14)9-4-5-12-13(9)2/h3-5,10H,1,6-8H2,2H3. The van der Waals surface area contributed by atoms with Gasteiger partial charge in [0.05, 0.1) is 24.9 Å². The average Bonchev–Trinajstić information content (AvgIpc) is 2.74. The highest BCUT2D eigenvalue weighted by atomic mass is 16.5. The number of aryl methyl sites for hydroxylation is 1. The molecule has 0 spiro atoms. The van der Waals surface area contributed by atoms with Crippen LogP contribution in [0.5, 0.6) is 0 Å². The van der Waals surface area contributed by atoms with Crippen molar-refractivity contribution in [2.24, 2.45) is 7.05 Å². The molecule has 2 rings (SSSR count). The Bertz CT molecular complexity index is 400. The Balaban J connectivity index is 2.26. The number of amides is 1. The predicted molar refractivity (Wildman–Crippen MR) is 58.7 cm³/mol. The summed E-state index contributed by atoms with van der Waals surface area (Å²) < 4.78 is 7.18. The SMILES string of the molecule is C=CC(=O)N1CCOCC1c1ccnn1C. The van der Waals surface area contributed by atoms with E-state index < -0.39 is 0 Å². The molecule has 0 radical (unpaired) electrons. The lowest BCUT2D eigenvalue weighted by Crippen LogP contribution is -2.43. The number of rotatable bonds is 2. The minimum Gasteiger partial charge on any atom is -0.377 e. The van der Waals surface area contributed by atoms with Crippen LogP contribution in [0.2, 0.25) is 0 Å².